The average Bonchev–Trinajstić information content (AvgIpc) is 3.27. The van der Waals surface area contributed by atoms with Crippen LogP contribution in [-0.4, -0.2) is 35.0 Å². The van der Waals surface area contributed by atoms with E-state index in [4.69, 9.17) is 10.5 Å². The fraction of sp³-hybridized carbons (Fsp3) is 0.356. The van der Waals surface area contributed by atoms with Crippen LogP contribution in [0.1, 0.15) is 108 Å². The van der Waals surface area contributed by atoms with E-state index in [2.05, 4.69) is 213 Å². The predicted molar refractivity (Wildman–Crippen MR) is 292 cm³/mol. The summed E-state index contributed by atoms with van der Waals surface area (Å²) in [6, 6.07) is 57.2. The molecule has 6 aromatic rings. The van der Waals surface area contributed by atoms with Crippen LogP contribution in [-0.2, 0) is 34.5 Å². The van der Waals surface area contributed by atoms with Crippen LogP contribution in [0.15, 0.2) is 158 Å². The summed E-state index contributed by atoms with van der Waals surface area (Å²) in [4.78, 5) is 19.8. The van der Waals surface area contributed by atoms with Crippen molar-refractivity contribution < 1.29 is 44.0 Å². The Morgan fingerprint density at radius 1 is 0.478 bits per heavy atom. The maximum Gasteiger partial charge on any atom is 2.00 e. The van der Waals surface area contributed by atoms with Gasteiger partial charge < -0.3 is 30.3 Å². The number of fused-ring (bicyclic) bond motifs is 2. The second-order valence-electron chi connectivity index (χ2n) is 21.4. The monoisotopic (exact) mass is 1070 g/mol. The predicted octanol–water partition coefficient (Wildman–Crippen LogP) is 10.2. The van der Waals surface area contributed by atoms with Crippen LogP contribution in [0.4, 0.5) is 0 Å². The van der Waals surface area contributed by atoms with E-state index in [-0.39, 0.29) is 32.8 Å². The molecule has 0 fully saturated rings. The number of hydrogen-bond acceptors (Lipinski definition) is 6. The van der Waals surface area contributed by atoms with Crippen molar-refractivity contribution in [2.24, 2.45) is 16.6 Å². The molecule has 2 N–H and O–H groups in total. The molecule has 10 heteroatoms. The van der Waals surface area contributed by atoms with Crippen molar-refractivity contribution in [3.63, 3.8) is 0 Å². The van der Waals surface area contributed by atoms with Crippen molar-refractivity contribution in [3.8, 4) is 11.5 Å². The SMILES string of the molecule is CC(C)(C)C(=O)[O-].CC(C)(C)C(=O)[O-].CC(C)(C)P(CCN)C(C)(C)C.CC1(C)c2cccc(P(c3ccccc3)c3ccccc3)c2Oc2c(P(c3ccccc3)c3ccccc3)cccc21.[Ru+2]. The molecule has 0 atom stereocenters. The number of ether oxygens (including phenoxy) is 1. The average molecular weight is 1070 g/mol. The first kappa shape index (κ1) is 59.2. The van der Waals surface area contributed by atoms with E-state index in [9.17, 15) is 19.8 Å². The largest absolute Gasteiger partial charge is 2.00 e. The molecule has 0 saturated carbocycles. The first-order valence-corrected chi connectivity index (χ1v) is 27.6. The topological polar surface area (TPSA) is 116 Å². The Kier molecular flexibility index (Phi) is 21.8. The van der Waals surface area contributed by atoms with Crippen molar-refractivity contribution in [2.75, 3.05) is 12.7 Å². The smallest absolute Gasteiger partial charge is 0.550 e. The maximum atomic E-state index is 9.91. The molecule has 0 saturated heterocycles. The molecule has 0 amide bonds. The third-order valence-corrected chi connectivity index (χ3v) is 20.1. The van der Waals surface area contributed by atoms with E-state index in [1.165, 1.54) is 49.1 Å². The molecule has 0 aliphatic carbocycles. The molecule has 0 unspecified atom stereocenters. The molecule has 0 radical (unpaired) electrons. The summed E-state index contributed by atoms with van der Waals surface area (Å²) in [5, 5.41) is 28.5. The number of carbonyl (C=O) groups excluding carboxylic acids is 2. The number of aliphatic carboxylic acids is 2. The van der Waals surface area contributed by atoms with Crippen LogP contribution in [0, 0.1) is 10.8 Å². The summed E-state index contributed by atoms with van der Waals surface area (Å²) >= 11 is 0. The van der Waals surface area contributed by atoms with Crippen LogP contribution in [0.5, 0.6) is 11.5 Å². The minimum absolute atomic E-state index is 0. The summed E-state index contributed by atoms with van der Waals surface area (Å²) in [6.45, 7) is 29.1. The van der Waals surface area contributed by atoms with Crippen molar-refractivity contribution in [1.82, 2.24) is 0 Å². The second-order valence-corrected chi connectivity index (χ2v) is 29.8. The molecular weight excluding hydrogens is 997 g/mol. The van der Waals surface area contributed by atoms with Gasteiger partial charge in [-0.1, -0.05) is 263 Å². The van der Waals surface area contributed by atoms with Gasteiger partial charge in [-0.05, 0) is 60.1 Å². The van der Waals surface area contributed by atoms with Gasteiger partial charge in [-0.25, -0.2) is 0 Å². The molecule has 1 aliphatic rings. The molecule has 368 valence electrons. The maximum absolute atomic E-state index is 9.91. The zero-order chi connectivity index (χ0) is 50.7. The molecule has 1 aliphatic heterocycles. The Bertz CT molecular complexity index is 2280. The standard InChI is InChI=1S/C39H32OP2.C10H24NP.2C5H10O2.Ru/c1-39(2)33-25-15-27-35(41(29-17-7-3-8-18-29)30-19-9-4-10-20-30)37(33)40-38-34(39)26-16-28-36(38)42(31-21-11-5-12-22-31)32-23-13-6-14-24-32;1-9(2,3)12(8-7-11)10(4,5)6;2*1-5(2,3)4(6)7;/h3-28H,1-2H3;7-8,11H2,1-6H3;2*1-3H3,(H,6,7);/q;;;;+2/p-2. The molecular formula is C59H74NO5P3Ru. The van der Waals surface area contributed by atoms with Crippen LogP contribution < -0.4 is 52.5 Å². The fourth-order valence-corrected chi connectivity index (χ4v) is 16.2. The summed E-state index contributed by atoms with van der Waals surface area (Å²) < 4.78 is 7.26. The minimum Gasteiger partial charge on any atom is -0.550 e. The summed E-state index contributed by atoms with van der Waals surface area (Å²) in [5.74, 6) is 0.00896. The van der Waals surface area contributed by atoms with Gasteiger partial charge in [-0.2, -0.15) is 0 Å². The van der Waals surface area contributed by atoms with Crippen molar-refractivity contribution in [3.05, 3.63) is 169 Å². The molecule has 6 nitrogen and oxygen atoms in total. The van der Waals surface area contributed by atoms with Crippen LogP contribution in [0.25, 0.3) is 0 Å². The van der Waals surface area contributed by atoms with Gasteiger partial charge in [0.15, 0.2) is 0 Å². The summed E-state index contributed by atoms with van der Waals surface area (Å²) in [6.07, 6.45) is 1.20. The van der Waals surface area contributed by atoms with Crippen LogP contribution >= 0.6 is 23.8 Å². The second kappa shape index (κ2) is 25.4. The Morgan fingerprint density at radius 2 is 0.739 bits per heavy atom. The van der Waals surface area contributed by atoms with Crippen molar-refractivity contribution in [1.29, 1.82) is 0 Å². The third kappa shape index (κ3) is 16.2. The fourth-order valence-electron chi connectivity index (χ4n) is 7.82. The normalized spacial score (nSPS) is 12.8. The quantitative estimate of drug-likeness (QED) is 0.120. The van der Waals surface area contributed by atoms with Gasteiger partial charge in [0.05, 0.1) is 0 Å². The van der Waals surface area contributed by atoms with Gasteiger partial charge in [0.1, 0.15) is 11.5 Å². The molecule has 0 spiro atoms. The summed E-state index contributed by atoms with van der Waals surface area (Å²) in [7, 11) is -1.62. The third-order valence-electron chi connectivity index (χ3n) is 11.3. The number of carboxylic acid groups (broad SMARTS) is 2. The minimum atomic E-state index is -1.01. The van der Waals surface area contributed by atoms with Crippen LogP contribution in [0.2, 0.25) is 0 Å². The van der Waals surface area contributed by atoms with Gasteiger partial charge in [0.2, 0.25) is 0 Å². The van der Waals surface area contributed by atoms with Crippen molar-refractivity contribution >= 4 is 67.5 Å². The van der Waals surface area contributed by atoms with E-state index in [0.29, 0.717) is 10.3 Å². The number of para-hydroxylation sites is 2. The first-order chi connectivity index (χ1) is 31.7. The number of hydrogen-bond donors (Lipinski definition) is 1. The zero-order valence-electron chi connectivity index (χ0n) is 43.2. The molecule has 0 aromatic heterocycles. The Balaban J connectivity index is 0.000000384. The van der Waals surface area contributed by atoms with Gasteiger partial charge in [-0.15, -0.1) is 0 Å². The van der Waals surface area contributed by atoms with Gasteiger partial charge in [0, 0.05) is 49.9 Å². The molecule has 69 heavy (non-hydrogen) atoms. The van der Waals surface area contributed by atoms with Crippen molar-refractivity contribution in [2.45, 2.75) is 113 Å². The molecule has 7 rings (SSSR count). The van der Waals surface area contributed by atoms with Gasteiger partial charge >= 0.3 is 19.5 Å². The van der Waals surface area contributed by atoms with Crippen LogP contribution in [0.3, 0.4) is 0 Å². The number of benzene rings is 6. The zero-order valence-corrected chi connectivity index (χ0v) is 47.7. The number of rotatable bonds is 8. The number of carboxylic acids is 2. The number of carbonyl (C=O) groups is 2. The van der Waals surface area contributed by atoms with E-state index in [0.717, 1.165) is 18.0 Å². The Hall–Kier alpha value is -4.07. The Morgan fingerprint density at radius 3 is 0.942 bits per heavy atom. The van der Waals surface area contributed by atoms with E-state index in [1.54, 1.807) is 41.5 Å². The summed E-state index contributed by atoms with van der Waals surface area (Å²) in [5.41, 5.74) is 6.51. The number of nitrogens with two attached hydrogens (primary N) is 1. The van der Waals surface area contributed by atoms with E-state index < -0.39 is 38.6 Å². The molecule has 0 bridgehead atoms. The first-order valence-electron chi connectivity index (χ1n) is 23.4. The van der Waals surface area contributed by atoms with E-state index >= 15 is 0 Å². The van der Waals surface area contributed by atoms with Gasteiger partial charge in [-0.3, -0.25) is 0 Å². The molecule has 6 aromatic carbocycles. The van der Waals surface area contributed by atoms with E-state index in [1.807, 2.05) is 0 Å². The Labute approximate surface area is 431 Å². The van der Waals surface area contributed by atoms with Gasteiger partial charge in [0.25, 0.3) is 0 Å². The molecule has 1 heterocycles.